The van der Waals surface area contributed by atoms with Crippen molar-refractivity contribution in [1.82, 2.24) is 4.90 Å². The molecule has 0 bridgehead atoms. The lowest BCUT2D eigenvalue weighted by Crippen LogP contribution is -2.30. The molecule has 3 aromatic carbocycles. The van der Waals surface area contributed by atoms with Crippen molar-refractivity contribution in [2.24, 2.45) is 16.5 Å². The normalized spacial score (nSPS) is 10.4. The molecular formula is C27H26Cl2N4O7. The van der Waals surface area contributed by atoms with Crippen molar-refractivity contribution in [3.05, 3.63) is 94.0 Å². The minimum absolute atomic E-state index is 0. The van der Waals surface area contributed by atoms with E-state index in [1.165, 1.54) is 35.2 Å². The van der Waals surface area contributed by atoms with Crippen molar-refractivity contribution in [2.45, 2.75) is 19.4 Å². The predicted octanol–water partition coefficient (Wildman–Crippen LogP) is 3.76. The van der Waals surface area contributed by atoms with E-state index in [1.54, 1.807) is 50.4 Å². The van der Waals surface area contributed by atoms with Gasteiger partial charge in [0.1, 0.15) is 5.75 Å². The molecule has 0 saturated heterocycles. The van der Waals surface area contributed by atoms with Crippen LogP contribution < -0.4 is 16.2 Å². The van der Waals surface area contributed by atoms with Crippen molar-refractivity contribution in [3.63, 3.8) is 0 Å². The van der Waals surface area contributed by atoms with Crippen LogP contribution in [-0.2, 0) is 20.9 Å². The number of hydrogen-bond acceptors (Lipinski definition) is 7. The standard InChI is InChI=1S/C26H25ClN4O5.CO2.ClH/c1-15(23(32)31(2)14-16-4-3-5-18(12-16)24(33)34)21-11-10-20(13-22(21)27)36-25(35)17-6-8-19(9-7-17)30-26(28)29;2-1-3;/h3-13,15H,14H2,1-2H3,(H,33,34)(H4,28,29,30);;1H. The summed E-state index contributed by atoms with van der Waals surface area (Å²) < 4.78 is 5.40. The first kappa shape index (κ1) is 33.3. The number of halogens is 2. The molecule has 3 aromatic rings. The van der Waals surface area contributed by atoms with Crippen molar-refractivity contribution in [2.75, 3.05) is 7.05 Å². The third-order valence-corrected chi connectivity index (χ3v) is 5.68. The maximum Gasteiger partial charge on any atom is 0.373 e. The van der Waals surface area contributed by atoms with Gasteiger partial charge >= 0.3 is 18.1 Å². The van der Waals surface area contributed by atoms with Crippen LogP contribution in [0, 0.1) is 0 Å². The fourth-order valence-corrected chi connectivity index (χ4v) is 3.86. The molecule has 5 N–H and O–H groups in total. The number of carboxylic acids is 1. The molecule has 0 aromatic heterocycles. The summed E-state index contributed by atoms with van der Waals surface area (Å²) in [7, 11) is 1.63. The van der Waals surface area contributed by atoms with E-state index < -0.39 is 17.9 Å². The van der Waals surface area contributed by atoms with Crippen LogP contribution in [0.4, 0.5) is 5.69 Å². The van der Waals surface area contributed by atoms with Gasteiger partial charge in [0.25, 0.3) is 0 Å². The van der Waals surface area contributed by atoms with E-state index in [0.717, 1.165) is 0 Å². The lowest BCUT2D eigenvalue weighted by Gasteiger charge is -2.22. The molecule has 1 amide bonds. The molecule has 13 heteroatoms. The highest BCUT2D eigenvalue weighted by atomic mass is 35.5. The number of guanidine groups is 1. The zero-order valence-electron chi connectivity index (χ0n) is 21.4. The number of carbonyl (C=O) groups excluding carboxylic acids is 4. The number of esters is 1. The van der Waals surface area contributed by atoms with E-state index in [1.807, 2.05) is 0 Å². The lowest BCUT2D eigenvalue weighted by atomic mass is 9.99. The second-order valence-corrected chi connectivity index (χ2v) is 8.57. The molecule has 0 aliphatic rings. The smallest absolute Gasteiger partial charge is 0.373 e. The van der Waals surface area contributed by atoms with Gasteiger partial charge in [-0.15, -0.1) is 12.4 Å². The molecule has 1 unspecified atom stereocenters. The molecular weight excluding hydrogens is 563 g/mol. The molecule has 0 aliphatic carbocycles. The van der Waals surface area contributed by atoms with Gasteiger partial charge < -0.3 is 26.2 Å². The molecule has 40 heavy (non-hydrogen) atoms. The summed E-state index contributed by atoms with van der Waals surface area (Å²) in [5.41, 5.74) is 12.9. The van der Waals surface area contributed by atoms with Gasteiger partial charge in [-0.25, -0.2) is 14.6 Å². The lowest BCUT2D eigenvalue weighted by molar-refractivity contribution is -0.191. The van der Waals surface area contributed by atoms with Crippen LogP contribution in [0.3, 0.4) is 0 Å². The average Bonchev–Trinajstić information content (AvgIpc) is 2.88. The van der Waals surface area contributed by atoms with Crippen LogP contribution in [0.25, 0.3) is 0 Å². The highest BCUT2D eigenvalue weighted by Gasteiger charge is 2.22. The summed E-state index contributed by atoms with van der Waals surface area (Å²) in [5, 5.41) is 9.43. The highest BCUT2D eigenvalue weighted by Crippen LogP contribution is 2.30. The molecule has 11 nitrogen and oxygen atoms in total. The van der Waals surface area contributed by atoms with E-state index >= 15 is 0 Å². The summed E-state index contributed by atoms with van der Waals surface area (Å²) in [6.07, 6.45) is 0.250. The second-order valence-electron chi connectivity index (χ2n) is 8.16. The molecule has 210 valence electrons. The third-order valence-electron chi connectivity index (χ3n) is 5.35. The molecule has 3 rings (SSSR count). The van der Waals surface area contributed by atoms with Gasteiger partial charge in [-0.3, -0.25) is 4.79 Å². The summed E-state index contributed by atoms with van der Waals surface area (Å²) >= 11 is 6.42. The maximum atomic E-state index is 13.0. The molecule has 0 radical (unpaired) electrons. The monoisotopic (exact) mass is 588 g/mol. The van der Waals surface area contributed by atoms with Gasteiger partial charge in [0, 0.05) is 18.6 Å². The number of amides is 1. The van der Waals surface area contributed by atoms with E-state index in [9.17, 15) is 14.4 Å². The summed E-state index contributed by atoms with van der Waals surface area (Å²) in [6, 6.07) is 17.3. The number of carboxylic acid groups (broad SMARTS) is 1. The number of likely N-dealkylation sites (N-methyl/N-ethyl adjacent to an activating group) is 1. The maximum absolute atomic E-state index is 13.0. The first-order valence-electron chi connectivity index (χ1n) is 11.2. The van der Waals surface area contributed by atoms with Crippen molar-refractivity contribution < 1.29 is 33.8 Å². The van der Waals surface area contributed by atoms with Crippen molar-refractivity contribution in [1.29, 1.82) is 0 Å². The number of ether oxygens (including phenoxy) is 1. The van der Waals surface area contributed by atoms with Gasteiger partial charge in [0.2, 0.25) is 5.91 Å². The van der Waals surface area contributed by atoms with Crippen molar-refractivity contribution in [3.8, 4) is 5.75 Å². The van der Waals surface area contributed by atoms with Crippen LogP contribution >= 0.6 is 24.0 Å². The van der Waals surface area contributed by atoms with Crippen LogP contribution in [0.2, 0.25) is 5.02 Å². The van der Waals surface area contributed by atoms with E-state index in [0.29, 0.717) is 22.4 Å². The second kappa shape index (κ2) is 15.6. The molecule has 0 saturated carbocycles. The number of carbonyl (C=O) groups is 3. The van der Waals surface area contributed by atoms with Crippen LogP contribution in [0.1, 0.15) is 44.7 Å². The molecule has 1 atom stereocenters. The van der Waals surface area contributed by atoms with E-state index in [2.05, 4.69) is 4.99 Å². The zero-order chi connectivity index (χ0) is 29.1. The first-order valence-corrected chi connectivity index (χ1v) is 11.6. The third kappa shape index (κ3) is 9.55. The summed E-state index contributed by atoms with van der Waals surface area (Å²) in [4.78, 5) is 58.3. The van der Waals surface area contributed by atoms with Crippen molar-refractivity contribution >= 4 is 59.7 Å². The first-order chi connectivity index (χ1) is 18.5. The van der Waals surface area contributed by atoms with Crippen LogP contribution in [0.15, 0.2) is 71.7 Å². The zero-order valence-corrected chi connectivity index (χ0v) is 22.9. The van der Waals surface area contributed by atoms with E-state index in [-0.39, 0.29) is 53.3 Å². The Kier molecular flexibility index (Phi) is 13.0. The van der Waals surface area contributed by atoms with Gasteiger partial charge in [-0.1, -0.05) is 29.8 Å². The van der Waals surface area contributed by atoms with Crippen LogP contribution in [0.5, 0.6) is 5.75 Å². The molecule has 0 spiro atoms. The Balaban J connectivity index is 0.00000191. The molecule has 0 heterocycles. The Bertz CT molecular complexity index is 1420. The van der Waals surface area contributed by atoms with Gasteiger partial charge in [-0.2, -0.15) is 9.59 Å². The molecule has 0 aliphatic heterocycles. The number of aromatic carboxylic acids is 1. The molecule has 0 fully saturated rings. The number of rotatable bonds is 8. The number of nitrogens with zero attached hydrogens (tertiary/aromatic N) is 2. The Morgan fingerprint density at radius 3 is 2.20 bits per heavy atom. The fraction of sp³-hybridized carbons (Fsp3) is 0.148. The predicted molar refractivity (Wildman–Crippen MR) is 149 cm³/mol. The summed E-state index contributed by atoms with van der Waals surface area (Å²) in [5.74, 6) is -2.29. The Hall–Kier alpha value is -4.70. The summed E-state index contributed by atoms with van der Waals surface area (Å²) in [6.45, 7) is 1.96. The Labute approximate surface area is 240 Å². The fourth-order valence-electron chi connectivity index (χ4n) is 3.53. The minimum Gasteiger partial charge on any atom is -0.478 e. The highest BCUT2D eigenvalue weighted by molar-refractivity contribution is 6.31. The average molecular weight is 589 g/mol. The van der Waals surface area contributed by atoms with Gasteiger partial charge in [0.05, 0.1) is 22.7 Å². The quantitative estimate of drug-likeness (QED) is 0.152. The largest absolute Gasteiger partial charge is 0.478 e. The number of nitrogens with two attached hydrogens (primary N) is 2. The van der Waals surface area contributed by atoms with E-state index in [4.69, 9.17) is 42.5 Å². The number of aliphatic imine (C=N–C) groups is 1. The minimum atomic E-state index is -1.03. The number of hydrogen-bond donors (Lipinski definition) is 3. The van der Waals surface area contributed by atoms with Gasteiger partial charge in [0.15, 0.2) is 5.96 Å². The van der Waals surface area contributed by atoms with Gasteiger partial charge in [-0.05, 0) is 66.6 Å². The SMILES string of the molecule is CC(C(=O)N(C)Cc1cccc(C(=O)O)c1)c1ccc(OC(=O)c2ccc(N=C(N)N)cc2)cc1Cl.Cl.O=C=O. The number of benzene rings is 3. The Morgan fingerprint density at radius 2 is 1.65 bits per heavy atom. The topological polar surface area (TPSA) is 182 Å². The van der Waals surface area contributed by atoms with Crippen LogP contribution in [-0.4, -0.2) is 47.0 Å². The Morgan fingerprint density at radius 1 is 1.02 bits per heavy atom.